The highest BCUT2D eigenvalue weighted by Crippen LogP contribution is 2.46. The molecule has 2 unspecified atom stereocenters. The molecule has 214 valence electrons. The fourth-order valence-corrected chi connectivity index (χ4v) is 6.56. The smallest absolute Gasteiger partial charge is 0.324 e. The summed E-state index contributed by atoms with van der Waals surface area (Å²) in [4.78, 5) is 44.4. The zero-order valence-corrected chi connectivity index (χ0v) is 23.7. The monoisotopic (exact) mass is 563 g/mol. The first-order valence-corrected chi connectivity index (χ1v) is 14.4. The van der Waals surface area contributed by atoms with Gasteiger partial charge >= 0.3 is 6.01 Å². The molecule has 1 aliphatic carbocycles. The van der Waals surface area contributed by atoms with Crippen LogP contribution in [0.3, 0.4) is 0 Å². The summed E-state index contributed by atoms with van der Waals surface area (Å²) in [5.41, 5.74) is 3.56. The number of amides is 2. The second-order valence-corrected chi connectivity index (χ2v) is 11.0. The van der Waals surface area contributed by atoms with Crippen molar-refractivity contribution >= 4 is 23.3 Å². The Morgan fingerprint density at radius 3 is 2.93 bits per heavy atom. The van der Waals surface area contributed by atoms with Crippen LogP contribution in [0, 0.1) is 11.3 Å². The first kappa shape index (κ1) is 27.4. The van der Waals surface area contributed by atoms with Gasteiger partial charge in [-0.3, -0.25) is 14.6 Å². The van der Waals surface area contributed by atoms with Crippen LogP contribution < -0.4 is 15.0 Å². The van der Waals surface area contributed by atoms with Crippen LogP contribution in [0.1, 0.15) is 48.7 Å². The molecule has 0 bridgehead atoms. The molecule has 0 radical (unpaired) electrons. The van der Waals surface area contributed by atoms with Crippen LogP contribution in [-0.4, -0.2) is 57.3 Å². The topological polar surface area (TPSA) is 124 Å². The maximum atomic E-state index is 14.0. The molecular weight excluding hydrogens is 530 g/mol. The van der Waals surface area contributed by atoms with E-state index >= 15 is 0 Å². The molecule has 2 aliphatic heterocycles. The number of benzene rings is 1. The van der Waals surface area contributed by atoms with Crippen molar-refractivity contribution in [2.45, 2.75) is 56.9 Å². The molecule has 2 amide bonds. The predicted octanol–water partition coefficient (Wildman–Crippen LogP) is 4.11. The molecule has 1 aromatic carbocycles. The minimum atomic E-state index is -0.730. The van der Waals surface area contributed by atoms with Crippen LogP contribution in [0.5, 0.6) is 11.8 Å². The average molecular weight is 564 g/mol. The number of anilines is 2. The first-order valence-electron chi connectivity index (χ1n) is 14.4. The van der Waals surface area contributed by atoms with E-state index in [1.807, 2.05) is 36.1 Å². The van der Waals surface area contributed by atoms with Gasteiger partial charge in [-0.1, -0.05) is 37.8 Å². The van der Waals surface area contributed by atoms with Crippen molar-refractivity contribution in [1.29, 1.82) is 5.26 Å². The Bertz CT molecular complexity index is 1600. The van der Waals surface area contributed by atoms with Crippen LogP contribution in [0.15, 0.2) is 55.3 Å². The summed E-state index contributed by atoms with van der Waals surface area (Å²) < 4.78 is 6.27. The lowest BCUT2D eigenvalue weighted by Crippen LogP contribution is -2.55. The number of carbonyl (C=O) groups is 2. The number of rotatable bonds is 6. The van der Waals surface area contributed by atoms with E-state index in [0.717, 1.165) is 30.5 Å². The van der Waals surface area contributed by atoms with E-state index in [1.165, 1.54) is 11.6 Å². The maximum Gasteiger partial charge on any atom is 0.324 e. The Morgan fingerprint density at radius 2 is 2.12 bits per heavy atom. The molecule has 1 saturated heterocycles. The van der Waals surface area contributed by atoms with Gasteiger partial charge in [0, 0.05) is 32.3 Å². The summed E-state index contributed by atoms with van der Waals surface area (Å²) in [7, 11) is 0. The van der Waals surface area contributed by atoms with Gasteiger partial charge in [0.1, 0.15) is 5.69 Å². The van der Waals surface area contributed by atoms with E-state index in [4.69, 9.17) is 14.7 Å². The van der Waals surface area contributed by atoms with Crippen molar-refractivity contribution in [1.82, 2.24) is 19.9 Å². The Balaban J connectivity index is 1.44. The van der Waals surface area contributed by atoms with E-state index in [2.05, 4.69) is 35.1 Å². The molecule has 2 aromatic heterocycles. The van der Waals surface area contributed by atoms with Gasteiger partial charge in [0.05, 0.1) is 35.3 Å². The molecule has 1 spiro atoms. The second-order valence-electron chi connectivity index (χ2n) is 11.0. The molecule has 2 atom stereocenters. The average Bonchev–Trinajstić information content (AvgIpc) is 3.02. The van der Waals surface area contributed by atoms with Crippen molar-refractivity contribution in [3.8, 4) is 17.8 Å². The summed E-state index contributed by atoms with van der Waals surface area (Å²) in [6.45, 7) is 6.84. The Labute approximate surface area is 245 Å². The Morgan fingerprint density at radius 1 is 1.26 bits per heavy atom. The molecule has 0 saturated carbocycles. The normalized spacial score (nSPS) is 21.1. The molecule has 1 fully saturated rings. The van der Waals surface area contributed by atoms with Gasteiger partial charge in [0.15, 0.2) is 11.6 Å². The van der Waals surface area contributed by atoms with Gasteiger partial charge in [-0.05, 0) is 55.0 Å². The number of fused-ring (bicyclic) bond motifs is 3. The number of aromatic nitrogens is 3. The number of hydrogen-bond acceptors (Lipinski definition) is 8. The minimum Gasteiger partial charge on any atom is -0.422 e. The number of pyridine rings is 1. The van der Waals surface area contributed by atoms with Crippen molar-refractivity contribution in [3.63, 3.8) is 0 Å². The summed E-state index contributed by atoms with van der Waals surface area (Å²) in [5.74, 6) is 0.832. The van der Waals surface area contributed by atoms with Gasteiger partial charge in [-0.15, -0.1) is 0 Å². The van der Waals surface area contributed by atoms with Gasteiger partial charge < -0.3 is 19.9 Å². The molecule has 1 N–H and O–H groups in total. The SMILES string of the molecule is C=CC(=O)N1CCN(c2nc(Oc3cccnc3CC)nc3c2NC(=O)C2(CCCc4ccccc42)C3)CC1CC#N. The number of hydrogen-bond donors (Lipinski definition) is 1. The molecule has 10 heteroatoms. The lowest BCUT2D eigenvalue weighted by atomic mass is 9.65. The lowest BCUT2D eigenvalue weighted by Gasteiger charge is -2.44. The second kappa shape index (κ2) is 11.2. The third-order valence-electron chi connectivity index (χ3n) is 8.62. The van der Waals surface area contributed by atoms with Crippen molar-refractivity contribution < 1.29 is 14.3 Å². The fourth-order valence-electron chi connectivity index (χ4n) is 6.56. The Kier molecular flexibility index (Phi) is 7.33. The quantitative estimate of drug-likeness (QED) is 0.445. The highest BCUT2D eigenvalue weighted by atomic mass is 16.5. The van der Waals surface area contributed by atoms with E-state index < -0.39 is 5.41 Å². The third kappa shape index (κ3) is 4.75. The largest absolute Gasteiger partial charge is 0.422 e. The molecule has 3 aliphatic rings. The predicted molar refractivity (Wildman–Crippen MR) is 157 cm³/mol. The van der Waals surface area contributed by atoms with E-state index in [-0.39, 0.29) is 30.3 Å². The van der Waals surface area contributed by atoms with Crippen LogP contribution in [0.25, 0.3) is 0 Å². The number of piperazine rings is 1. The fraction of sp³-hybridized carbons (Fsp3) is 0.375. The molecule has 6 rings (SSSR count). The van der Waals surface area contributed by atoms with E-state index in [1.54, 1.807) is 11.1 Å². The molecule has 42 heavy (non-hydrogen) atoms. The van der Waals surface area contributed by atoms with Gasteiger partial charge in [-0.25, -0.2) is 0 Å². The standard InChI is InChI=1S/C32H33N7O3/c1-3-24-26(12-8-16-34-24)42-31-35-25-19-32(14-7-10-21-9-5-6-11-23(21)32)30(41)36-28(25)29(37-31)38-17-18-39(27(40)4-2)22(20-38)13-15-33/h4-6,8-9,11-12,16,22H,2-3,7,10,13-14,17-20H2,1H3,(H,36,41). The number of nitrogens with zero attached hydrogens (tertiary/aromatic N) is 6. The molecule has 4 heterocycles. The van der Waals surface area contributed by atoms with Crippen molar-refractivity contribution in [2.24, 2.45) is 0 Å². The molecule has 10 nitrogen and oxygen atoms in total. The van der Waals surface area contributed by atoms with Gasteiger partial charge in [0.25, 0.3) is 0 Å². The maximum absolute atomic E-state index is 14.0. The number of ether oxygens (including phenoxy) is 1. The summed E-state index contributed by atoms with van der Waals surface area (Å²) in [6.07, 6.45) is 6.83. The summed E-state index contributed by atoms with van der Waals surface area (Å²) >= 11 is 0. The zero-order valence-electron chi connectivity index (χ0n) is 23.7. The van der Waals surface area contributed by atoms with Gasteiger partial charge in [0.2, 0.25) is 11.8 Å². The number of carbonyl (C=O) groups excluding carboxylic acids is 2. The van der Waals surface area contributed by atoms with Gasteiger partial charge in [-0.2, -0.15) is 15.2 Å². The molecule has 3 aromatic rings. The Hall–Kier alpha value is -4.78. The molecular formula is C32H33N7O3. The van der Waals surface area contributed by atoms with Crippen LogP contribution >= 0.6 is 0 Å². The van der Waals surface area contributed by atoms with E-state index in [0.29, 0.717) is 55.4 Å². The summed E-state index contributed by atoms with van der Waals surface area (Å²) in [5, 5.41) is 12.7. The lowest BCUT2D eigenvalue weighted by molar-refractivity contribution is -0.128. The minimum absolute atomic E-state index is 0.0600. The first-order chi connectivity index (χ1) is 20.5. The highest BCUT2D eigenvalue weighted by molar-refractivity contribution is 6.04. The highest BCUT2D eigenvalue weighted by Gasteiger charge is 2.48. The number of nitriles is 1. The van der Waals surface area contributed by atoms with Crippen molar-refractivity contribution in [2.75, 3.05) is 29.9 Å². The van der Waals surface area contributed by atoms with E-state index in [9.17, 15) is 14.9 Å². The summed E-state index contributed by atoms with van der Waals surface area (Å²) in [6, 6.07) is 13.8. The number of aryl methyl sites for hydroxylation is 2. The van der Waals surface area contributed by atoms with Crippen LogP contribution in [-0.2, 0) is 34.3 Å². The van der Waals surface area contributed by atoms with Crippen LogP contribution in [0.4, 0.5) is 11.5 Å². The van der Waals surface area contributed by atoms with Crippen LogP contribution in [0.2, 0.25) is 0 Å². The van der Waals surface area contributed by atoms with Crippen molar-refractivity contribution in [3.05, 3.63) is 77.8 Å². The number of nitrogens with one attached hydrogen (secondary N) is 1. The third-order valence-corrected chi connectivity index (χ3v) is 8.62. The zero-order chi connectivity index (χ0) is 29.3.